The third kappa shape index (κ3) is 3.23. The van der Waals surface area contributed by atoms with Gasteiger partial charge in [-0.3, -0.25) is 0 Å². The number of rotatable bonds is 5. The van der Waals surface area contributed by atoms with Crippen molar-refractivity contribution in [3.8, 4) is 5.75 Å². The van der Waals surface area contributed by atoms with Crippen LogP contribution < -0.4 is 15.0 Å². The summed E-state index contributed by atoms with van der Waals surface area (Å²) < 4.78 is 5.19. The molecule has 0 spiro atoms. The first-order valence-electron chi connectivity index (χ1n) is 6.78. The third-order valence-electron chi connectivity index (χ3n) is 3.37. The van der Waals surface area contributed by atoms with Gasteiger partial charge < -0.3 is 15.0 Å². The molecule has 20 heavy (non-hydrogen) atoms. The van der Waals surface area contributed by atoms with Gasteiger partial charge in [0.1, 0.15) is 5.75 Å². The Balaban J connectivity index is 2.16. The minimum atomic E-state index is 0.238. The van der Waals surface area contributed by atoms with Crippen LogP contribution in [0.4, 0.5) is 11.4 Å². The molecule has 0 aromatic heterocycles. The predicted molar refractivity (Wildman–Crippen MR) is 85.8 cm³/mol. The number of hydrogen-bond acceptors (Lipinski definition) is 3. The van der Waals surface area contributed by atoms with Crippen LogP contribution in [0.5, 0.6) is 5.75 Å². The second-order valence-electron chi connectivity index (χ2n) is 5.05. The van der Waals surface area contributed by atoms with E-state index in [1.54, 1.807) is 7.11 Å². The summed E-state index contributed by atoms with van der Waals surface area (Å²) in [5, 5.41) is 3.56. The molecule has 0 saturated carbocycles. The maximum atomic E-state index is 5.19. The average Bonchev–Trinajstić information content (AvgIpc) is 2.47. The minimum absolute atomic E-state index is 0.238. The van der Waals surface area contributed by atoms with E-state index in [1.807, 2.05) is 12.1 Å². The molecule has 106 valence electrons. The van der Waals surface area contributed by atoms with Crippen molar-refractivity contribution in [3.05, 3.63) is 54.1 Å². The van der Waals surface area contributed by atoms with Crippen LogP contribution in [0.1, 0.15) is 18.5 Å². The minimum Gasteiger partial charge on any atom is -0.497 e. The zero-order valence-electron chi connectivity index (χ0n) is 12.6. The molecule has 1 unspecified atom stereocenters. The van der Waals surface area contributed by atoms with Gasteiger partial charge in [0, 0.05) is 20.1 Å². The summed E-state index contributed by atoms with van der Waals surface area (Å²) in [7, 11) is 5.79. The Kier molecular flexibility index (Phi) is 4.51. The first-order chi connectivity index (χ1) is 9.61. The SMILES string of the molecule is COc1ccc(C(C)Nc2ccccc2N(C)C)cc1. The van der Waals surface area contributed by atoms with Crippen molar-refractivity contribution in [1.29, 1.82) is 0 Å². The molecule has 0 saturated heterocycles. The second kappa shape index (κ2) is 6.33. The molecule has 3 heteroatoms. The molecule has 0 radical (unpaired) electrons. The highest BCUT2D eigenvalue weighted by molar-refractivity contribution is 5.69. The fourth-order valence-electron chi connectivity index (χ4n) is 2.19. The molecule has 2 aromatic carbocycles. The summed E-state index contributed by atoms with van der Waals surface area (Å²) in [6, 6.07) is 16.7. The van der Waals surface area contributed by atoms with Crippen molar-refractivity contribution in [2.45, 2.75) is 13.0 Å². The largest absolute Gasteiger partial charge is 0.497 e. The zero-order valence-corrected chi connectivity index (χ0v) is 12.6. The Morgan fingerprint density at radius 2 is 1.65 bits per heavy atom. The van der Waals surface area contributed by atoms with Crippen molar-refractivity contribution in [3.63, 3.8) is 0 Å². The lowest BCUT2D eigenvalue weighted by Crippen LogP contribution is -2.14. The van der Waals surface area contributed by atoms with Gasteiger partial charge in [0.05, 0.1) is 18.5 Å². The van der Waals surface area contributed by atoms with Gasteiger partial charge >= 0.3 is 0 Å². The maximum Gasteiger partial charge on any atom is 0.118 e. The topological polar surface area (TPSA) is 24.5 Å². The summed E-state index contributed by atoms with van der Waals surface area (Å²) >= 11 is 0. The van der Waals surface area contributed by atoms with Gasteiger partial charge in [0.2, 0.25) is 0 Å². The molecule has 1 atom stereocenters. The molecule has 0 aliphatic carbocycles. The van der Waals surface area contributed by atoms with Gasteiger partial charge in [-0.1, -0.05) is 24.3 Å². The van der Waals surface area contributed by atoms with Gasteiger partial charge in [0.25, 0.3) is 0 Å². The second-order valence-corrected chi connectivity index (χ2v) is 5.05. The molecule has 0 bridgehead atoms. The highest BCUT2D eigenvalue weighted by atomic mass is 16.5. The number of benzene rings is 2. The smallest absolute Gasteiger partial charge is 0.118 e. The molecule has 3 nitrogen and oxygen atoms in total. The number of nitrogens with zero attached hydrogens (tertiary/aromatic N) is 1. The number of para-hydroxylation sites is 2. The molecule has 0 aliphatic rings. The summed E-state index contributed by atoms with van der Waals surface area (Å²) in [4.78, 5) is 2.11. The molecular weight excluding hydrogens is 248 g/mol. The van der Waals surface area contributed by atoms with Gasteiger partial charge in [-0.15, -0.1) is 0 Å². The molecule has 2 aromatic rings. The molecule has 0 heterocycles. The number of nitrogens with one attached hydrogen (secondary N) is 1. The third-order valence-corrected chi connectivity index (χ3v) is 3.37. The van der Waals surface area contributed by atoms with E-state index in [-0.39, 0.29) is 6.04 Å². The van der Waals surface area contributed by atoms with Gasteiger partial charge in [-0.25, -0.2) is 0 Å². The summed E-state index contributed by atoms with van der Waals surface area (Å²) in [6.07, 6.45) is 0. The van der Waals surface area contributed by atoms with Crippen LogP contribution in [-0.2, 0) is 0 Å². The van der Waals surface area contributed by atoms with Crippen LogP contribution in [0.15, 0.2) is 48.5 Å². The van der Waals surface area contributed by atoms with Crippen LogP contribution in [0.25, 0.3) is 0 Å². The summed E-state index contributed by atoms with van der Waals surface area (Å²) in [5.41, 5.74) is 3.56. The maximum absolute atomic E-state index is 5.19. The Morgan fingerprint density at radius 1 is 1.00 bits per heavy atom. The molecule has 0 amide bonds. The van der Waals surface area contributed by atoms with E-state index in [9.17, 15) is 0 Å². The van der Waals surface area contributed by atoms with Gasteiger partial charge in [-0.2, -0.15) is 0 Å². The monoisotopic (exact) mass is 270 g/mol. The molecule has 0 aliphatic heterocycles. The van der Waals surface area contributed by atoms with Crippen molar-refractivity contribution < 1.29 is 4.74 Å². The van der Waals surface area contributed by atoms with E-state index in [0.717, 1.165) is 11.4 Å². The van der Waals surface area contributed by atoms with Crippen molar-refractivity contribution in [1.82, 2.24) is 0 Å². The summed E-state index contributed by atoms with van der Waals surface area (Å²) in [5.74, 6) is 0.884. The lowest BCUT2D eigenvalue weighted by Gasteiger charge is -2.22. The van der Waals surface area contributed by atoms with E-state index in [4.69, 9.17) is 4.74 Å². The lowest BCUT2D eigenvalue weighted by atomic mass is 10.1. The van der Waals surface area contributed by atoms with Crippen LogP contribution in [-0.4, -0.2) is 21.2 Å². The zero-order chi connectivity index (χ0) is 14.5. The van der Waals surface area contributed by atoms with Crippen LogP contribution in [0, 0.1) is 0 Å². The first kappa shape index (κ1) is 14.3. The van der Waals surface area contributed by atoms with E-state index >= 15 is 0 Å². The fourth-order valence-corrected chi connectivity index (χ4v) is 2.19. The normalized spacial score (nSPS) is 11.8. The van der Waals surface area contributed by atoms with Crippen LogP contribution in [0.2, 0.25) is 0 Å². The lowest BCUT2D eigenvalue weighted by molar-refractivity contribution is 0.414. The molecule has 2 rings (SSSR count). The average molecular weight is 270 g/mol. The number of ether oxygens (including phenoxy) is 1. The highest BCUT2D eigenvalue weighted by Crippen LogP contribution is 2.28. The number of anilines is 2. The summed E-state index contributed by atoms with van der Waals surface area (Å²) in [6.45, 7) is 2.16. The van der Waals surface area contributed by atoms with E-state index in [1.165, 1.54) is 11.3 Å². The quantitative estimate of drug-likeness (QED) is 0.890. The predicted octanol–water partition coefficient (Wildman–Crippen LogP) is 3.93. The molecule has 0 fully saturated rings. The van der Waals surface area contributed by atoms with Crippen molar-refractivity contribution >= 4 is 11.4 Å². The van der Waals surface area contributed by atoms with Crippen molar-refractivity contribution in [2.24, 2.45) is 0 Å². The van der Waals surface area contributed by atoms with E-state index in [0.29, 0.717) is 0 Å². The Morgan fingerprint density at radius 3 is 2.25 bits per heavy atom. The Labute approximate surface area is 121 Å². The fraction of sp³-hybridized carbons (Fsp3) is 0.294. The Bertz CT molecular complexity index is 549. The Hall–Kier alpha value is -2.16. The first-order valence-corrected chi connectivity index (χ1v) is 6.78. The molecule has 1 N–H and O–H groups in total. The van der Waals surface area contributed by atoms with Gasteiger partial charge in [-0.05, 0) is 36.8 Å². The standard InChI is InChI=1S/C17H22N2O/c1-13(14-9-11-15(20-4)12-10-14)18-16-7-5-6-8-17(16)19(2)3/h5-13,18H,1-4H3. The highest BCUT2D eigenvalue weighted by Gasteiger charge is 2.09. The van der Waals surface area contributed by atoms with E-state index < -0.39 is 0 Å². The van der Waals surface area contributed by atoms with Crippen LogP contribution >= 0.6 is 0 Å². The van der Waals surface area contributed by atoms with Crippen molar-refractivity contribution in [2.75, 3.05) is 31.4 Å². The molecular formula is C17H22N2O. The van der Waals surface area contributed by atoms with Crippen LogP contribution in [0.3, 0.4) is 0 Å². The number of methoxy groups -OCH3 is 1. The van der Waals surface area contributed by atoms with E-state index in [2.05, 4.69) is 67.6 Å². The van der Waals surface area contributed by atoms with Gasteiger partial charge in [0.15, 0.2) is 0 Å². The number of hydrogen-bond donors (Lipinski definition) is 1.